The summed E-state index contributed by atoms with van der Waals surface area (Å²) in [7, 11) is 1.53. The Bertz CT molecular complexity index is 1270. The number of hydrogen-bond donors (Lipinski definition) is 0. The second-order valence-corrected chi connectivity index (χ2v) is 6.59. The van der Waals surface area contributed by atoms with Gasteiger partial charge in [0.15, 0.2) is 6.10 Å². The first-order valence-electron chi connectivity index (χ1n) is 8.96. The normalized spacial score (nSPS) is 12.1. The first-order valence-corrected chi connectivity index (χ1v) is 8.96. The zero-order valence-corrected chi connectivity index (χ0v) is 15.8. The van der Waals surface area contributed by atoms with Gasteiger partial charge in [-0.05, 0) is 42.8 Å². The number of ether oxygens (including phenoxy) is 2. The summed E-state index contributed by atoms with van der Waals surface area (Å²) in [5, 5.41) is 13.5. The van der Waals surface area contributed by atoms with E-state index in [9.17, 15) is 14.7 Å². The van der Waals surface area contributed by atoms with Gasteiger partial charge in [0.2, 0.25) is 0 Å². The number of methoxy groups -OCH3 is 1. The van der Waals surface area contributed by atoms with Gasteiger partial charge < -0.3 is 23.8 Å². The van der Waals surface area contributed by atoms with E-state index in [-0.39, 0.29) is 0 Å². The third-order valence-electron chi connectivity index (χ3n) is 4.85. The van der Waals surface area contributed by atoms with Crippen LogP contribution in [0.25, 0.3) is 21.7 Å². The molecule has 29 heavy (non-hydrogen) atoms. The molecule has 0 N–H and O–H groups in total. The Labute approximate surface area is 165 Å². The van der Waals surface area contributed by atoms with E-state index in [1.807, 2.05) is 0 Å². The van der Waals surface area contributed by atoms with E-state index in [1.165, 1.54) is 7.11 Å². The highest BCUT2D eigenvalue weighted by Gasteiger charge is 2.18. The second-order valence-electron chi connectivity index (χ2n) is 6.59. The summed E-state index contributed by atoms with van der Waals surface area (Å²) in [5.74, 6) is -0.505. The summed E-state index contributed by atoms with van der Waals surface area (Å²) in [4.78, 5) is 24.2. The predicted molar refractivity (Wildman–Crippen MR) is 106 cm³/mol. The van der Waals surface area contributed by atoms with Gasteiger partial charge in [-0.2, -0.15) is 0 Å². The van der Waals surface area contributed by atoms with Crippen LogP contribution in [0.5, 0.6) is 11.5 Å². The van der Waals surface area contributed by atoms with Crippen molar-refractivity contribution in [3.05, 3.63) is 82.2 Å². The van der Waals surface area contributed by atoms with Crippen molar-refractivity contribution in [2.45, 2.75) is 13.0 Å². The fourth-order valence-corrected chi connectivity index (χ4v) is 3.35. The first-order chi connectivity index (χ1) is 14.0. The number of hydrogen-bond acceptors (Lipinski definition) is 6. The van der Waals surface area contributed by atoms with E-state index in [4.69, 9.17) is 13.9 Å². The lowest BCUT2D eigenvalue weighted by molar-refractivity contribution is -0.314. The standard InChI is InChI=1S/C23H18O6/c1-13-19(28-21(22(24)25)14-6-4-3-5-7-14)11-10-17-16-9-8-15(27-2)12-18(16)23(26)29-20(13)17/h3-12,21H,1-2H3,(H,24,25)/p-1. The lowest BCUT2D eigenvalue weighted by Gasteiger charge is -2.22. The van der Waals surface area contributed by atoms with E-state index in [1.54, 1.807) is 67.6 Å². The molecule has 3 aromatic carbocycles. The number of carboxylic acids is 1. The van der Waals surface area contributed by atoms with Crippen molar-refractivity contribution in [3.8, 4) is 11.5 Å². The fraction of sp³-hybridized carbons (Fsp3) is 0.130. The highest BCUT2D eigenvalue weighted by molar-refractivity contribution is 6.06. The average molecular weight is 389 g/mol. The Hall–Kier alpha value is -3.80. The van der Waals surface area contributed by atoms with Crippen LogP contribution in [-0.2, 0) is 4.79 Å². The summed E-state index contributed by atoms with van der Waals surface area (Å²) in [6, 6.07) is 17.1. The molecule has 4 aromatic rings. The number of carbonyl (C=O) groups is 1. The molecule has 1 unspecified atom stereocenters. The van der Waals surface area contributed by atoms with E-state index >= 15 is 0 Å². The quantitative estimate of drug-likeness (QED) is 0.385. The number of aryl methyl sites for hydroxylation is 1. The van der Waals surface area contributed by atoms with Gasteiger partial charge in [-0.25, -0.2) is 4.79 Å². The van der Waals surface area contributed by atoms with Gasteiger partial charge in [0.25, 0.3) is 0 Å². The molecule has 6 nitrogen and oxygen atoms in total. The number of fused-ring (bicyclic) bond motifs is 3. The number of carboxylic acid groups (broad SMARTS) is 1. The van der Waals surface area contributed by atoms with Crippen molar-refractivity contribution in [2.75, 3.05) is 7.11 Å². The van der Waals surface area contributed by atoms with E-state index < -0.39 is 17.7 Å². The molecule has 1 atom stereocenters. The molecular formula is C23H17O6-. The maximum absolute atomic E-state index is 12.5. The minimum Gasteiger partial charge on any atom is -0.546 e. The molecule has 6 heteroatoms. The summed E-state index contributed by atoms with van der Waals surface area (Å²) >= 11 is 0. The van der Waals surface area contributed by atoms with Crippen LogP contribution in [0.1, 0.15) is 17.2 Å². The molecule has 0 fully saturated rings. The number of rotatable bonds is 5. The molecule has 1 aromatic heterocycles. The zero-order chi connectivity index (χ0) is 20.5. The number of benzene rings is 3. The topological polar surface area (TPSA) is 88.8 Å². The van der Waals surface area contributed by atoms with Crippen LogP contribution in [0, 0.1) is 6.92 Å². The van der Waals surface area contributed by atoms with Crippen molar-refractivity contribution in [1.82, 2.24) is 0 Å². The minimum absolute atomic E-state index is 0.298. The molecule has 1 heterocycles. The first kappa shape index (κ1) is 18.6. The number of carbonyl (C=O) groups excluding carboxylic acids is 1. The third-order valence-corrected chi connectivity index (χ3v) is 4.85. The lowest BCUT2D eigenvalue weighted by atomic mass is 10.0. The van der Waals surface area contributed by atoms with Crippen LogP contribution in [-0.4, -0.2) is 13.1 Å². The van der Waals surface area contributed by atoms with Crippen molar-refractivity contribution < 1.29 is 23.8 Å². The SMILES string of the molecule is COc1ccc2c(c1)c(=O)oc1c(C)c(OC(C(=O)[O-])c3ccccc3)ccc12. The Morgan fingerprint density at radius 1 is 1.00 bits per heavy atom. The molecule has 0 radical (unpaired) electrons. The molecule has 0 amide bonds. The molecular weight excluding hydrogens is 372 g/mol. The van der Waals surface area contributed by atoms with Crippen molar-refractivity contribution in [3.63, 3.8) is 0 Å². The van der Waals surface area contributed by atoms with Gasteiger partial charge in [0.1, 0.15) is 17.1 Å². The van der Waals surface area contributed by atoms with E-state index in [0.29, 0.717) is 39.0 Å². The zero-order valence-electron chi connectivity index (χ0n) is 15.8. The minimum atomic E-state index is -1.36. The van der Waals surface area contributed by atoms with E-state index in [0.717, 1.165) is 5.39 Å². The van der Waals surface area contributed by atoms with Gasteiger partial charge >= 0.3 is 5.63 Å². The maximum atomic E-state index is 12.5. The maximum Gasteiger partial charge on any atom is 0.344 e. The van der Waals surface area contributed by atoms with Crippen LogP contribution in [0.3, 0.4) is 0 Å². The largest absolute Gasteiger partial charge is 0.546 e. The van der Waals surface area contributed by atoms with Gasteiger partial charge in [-0.1, -0.05) is 30.3 Å². The second kappa shape index (κ2) is 7.31. The smallest absolute Gasteiger partial charge is 0.344 e. The van der Waals surface area contributed by atoms with Gasteiger partial charge in [-0.15, -0.1) is 0 Å². The van der Waals surface area contributed by atoms with Crippen LogP contribution in [0.4, 0.5) is 0 Å². The molecule has 0 aliphatic rings. The molecule has 0 aliphatic heterocycles. The van der Waals surface area contributed by atoms with E-state index in [2.05, 4.69) is 0 Å². The Kier molecular flexibility index (Phi) is 4.68. The highest BCUT2D eigenvalue weighted by atomic mass is 16.5. The van der Waals surface area contributed by atoms with Gasteiger partial charge in [0.05, 0.1) is 18.5 Å². The fourth-order valence-electron chi connectivity index (χ4n) is 3.35. The molecule has 0 saturated carbocycles. The summed E-state index contributed by atoms with van der Waals surface area (Å²) in [6.07, 6.45) is -1.29. The van der Waals surface area contributed by atoms with Gasteiger partial charge in [-0.3, -0.25) is 0 Å². The Morgan fingerprint density at radius 2 is 1.72 bits per heavy atom. The van der Waals surface area contributed by atoms with Crippen LogP contribution in [0.2, 0.25) is 0 Å². The summed E-state index contributed by atoms with van der Waals surface area (Å²) in [6.45, 7) is 1.72. The number of aliphatic carboxylic acids is 1. The molecule has 146 valence electrons. The van der Waals surface area contributed by atoms with Crippen molar-refractivity contribution in [2.24, 2.45) is 0 Å². The molecule has 0 bridgehead atoms. The van der Waals surface area contributed by atoms with Crippen LogP contribution in [0.15, 0.2) is 69.9 Å². The monoisotopic (exact) mass is 389 g/mol. The van der Waals surface area contributed by atoms with Crippen LogP contribution >= 0.6 is 0 Å². The Morgan fingerprint density at radius 3 is 2.41 bits per heavy atom. The lowest BCUT2D eigenvalue weighted by Crippen LogP contribution is -2.33. The van der Waals surface area contributed by atoms with Crippen molar-refractivity contribution in [1.29, 1.82) is 0 Å². The molecule has 0 aliphatic carbocycles. The van der Waals surface area contributed by atoms with Crippen molar-refractivity contribution >= 4 is 27.7 Å². The Balaban J connectivity index is 1.85. The van der Waals surface area contributed by atoms with Crippen LogP contribution < -0.4 is 20.2 Å². The van der Waals surface area contributed by atoms with Gasteiger partial charge in [0, 0.05) is 16.3 Å². The molecule has 0 saturated heterocycles. The average Bonchev–Trinajstić information content (AvgIpc) is 2.74. The third kappa shape index (κ3) is 3.29. The highest BCUT2D eigenvalue weighted by Crippen LogP contribution is 2.34. The summed E-state index contributed by atoms with van der Waals surface area (Å²) in [5.41, 5.74) is 0.819. The predicted octanol–water partition coefficient (Wildman–Crippen LogP) is 3.13. The molecule has 4 rings (SSSR count). The molecule has 0 spiro atoms. The summed E-state index contributed by atoms with van der Waals surface area (Å²) < 4.78 is 16.5.